The molecule has 2 nitrogen and oxygen atoms in total. The summed E-state index contributed by atoms with van der Waals surface area (Å²) in [5, 5.41) is 5.10. The Morgan fingerprint density at radius 1 is 0.407 bits per heavy atom. The molecule has 8 aromatic rings. The van der Waals surface area contributed by atoms with Crippen molar-refractivity contribution in [2.24, 2.45) is 0 Å². The summed E-state index contributed by atoms with van der Waals surface area (Å²) in [6.45, 7) is 7.52. The number of nitrogens with zero attached hydrogens (tertiary/aromatic N) is 2. The molecule has 0 spiro atoms. The molecule has 0 aliphatic rings. The summed E-state index contributed by atoms with van der Waals surface area (Å²) in [5.41, 5.74) is 12.6. The maximum absolute atomic E-state index is 3.76. The maximum Gasteiger partial charge on any atom is 0.0541 e. The van der Waals surface area contributed by atoms with Gasteiger partial charge < -0.3 is 9.13 Å². The molecular formula is C52H48N2. The van der Waals surface area contributed by atoms with E-state index in [1.54, 1.807) is 0 Å². The standard InChI is InChI=1S/C52H48N2/c1-3-5-7-9-11-13-19-39-25-31-43(32-26-39)53-49-23-17-15-21-45(49)47-37-41(29-35-51(47)53)42-30-36-52-48(38-42)46-22-16-18-24-50(46)54(52)44-33-27-40(28-34-44)20-14-12-10-8-6-4-2/h3-8,15-18,21-38H,1-2,9-14,19-20H2/b7-5+,8-6+. The number of hydrogen-bond donors (Lipinski definition) is 0. The monoisotopic (exact) mass is 700 g/mol. The van der Waals surface area contributed by atoms with E-state index in [2.05, 4.69) is 168 Å². The van der Waals surface area contributed by atoms with E-state index in [0.717, 1.165) is 25.7 Å². The fourth-order valence-electron chi connectivity index (χ4n) is 8.05. The zero-order valence-electron chi connectivity index (χ0n) is 31.1. The minimum Gasteiger partial charge on any atom is -0.309 e. The van der Waals surface area contributed by atoms with Crippen molar-refractivity contribution in [3.63, 3.8) is 0 Å². The van der Waals surface area contributed by atoms with Crippen LogP contribution in [-0.2, 0) is 12.8 Å². The van der Waals surface area contributed by atoms with Gasteiger partial charge in [-0.2, -0.15) is 0 Å². The Hall–Kier alpha value is -6.12. The molecule has 6 aromatic carbocycles. The van der Waals surface area contributed by atoms with Crippen LogP contribution in [0.5, 0.6) is 0 Å². The van der Waals surface area contributed by atoms with Gasteiger partial charge in [0, 0.05) is 32.9 Å². The van der Waals surface area contributed by atoms with Gasteiger partial charge in [0.1, 0.15) is 0 Å². The second-order valence-electron chi connectivity index (χ2n) is 14.3. The Morgan fingerprint density at radius 2 is 0.815 bits per heavy atom. The third kappa shape index (κ3) is 7.13. The molecule has 54 heavy (non-hydrogen) atoms. The van der Waals surface area contributed by atoms with Gasteiger partial charge >= 0.3 is 0 Å². The van der Waals surface area contributed by atoms with Gasteiger partial charge in [-0.1, -0.05) is 122 Å². The third-order valence-electron chi connectivity index (χ3n) is 10.8. The molecule has 0 atom stereocenters. The summed E-state index contributed by atoms with van der Waals surface area (Å²) >= 11 is 0. The molecule has 0 N–H and O–H groups in total. The van der Waals surface area contributed by atoms with Crippen molar-refractivity contribution in [3.8, 4) is 22.5 Å². The van der Waals surface area contributed by atoms with Crippen LogP contribution in [-0.4, -0.2) is 9.13 Å². The van der Waals surface area contributed by atoms with Gasteiger partial charge in [-0.25, -0.2) is 0 Å². The fourth-order valence-corrected chi connectivity index (χ4v) is 8.05. The summed E-state index contributed by atoms with van der Waals surface area (Å²) in [7, 11) is 0. The first-order valence-electron chi connectivity index (χ1n) is 19.5. The maximum atomic E-state index is 3.76. The number of rotatable bonds is 15. The Bertz CT molecular complexity index is 2440. The lowest BCUT2D eigenvalue weighted by molar-refractivity contribution is 0.747. The summed E-state index contributed by atoms with van der Waals surface area (Å²) in [6, 6.07) is 50.0. The van der Waals surface area contributed by atoms with Crippen LogP contribution in [0, 0.1) is 0 Å². The van der Waals surface area contributed by atoms with E-state index in [0.29, 0.717) is 0 Å². The highest BCUT2D eigenvalue weighted by Crippen LogP contribution is 2.38. The van der Waals surface area contributed by atoms with Gasteiger partial charge in [-0.15, -0.1) is 0 Å². The largest absolute Gasteiger partial charge is 0.309 e. The van der Waals surface area contributed by atoms with Gasteiger partial charge in [0.15, 0.2) is 0 Å². The van der Waals surface area contributed by atoms with Crippen molar-refractivity contribution >= 4 is 43.6 Å². The number of aromatic nitrogens is 2. The lowest BCUT2D eigenvalue weighted by Gasteiger charge is -2.10. The minimum absolute atomic E-state index is 1.10. The quantitative estimate of drug-likeness (QED) is 0.0744. The molecule has 0 aliphatic heterocycles. The van der Waals surface area contributed by atoms with E-state index in [9.17, 15) is 0 Å². The number of allylic oxidation sites excluding steroid dienone is 6. The molecule has 0 bridgehead atoms. The van der Waals surface area contributed by atoms with Crippen molar-refractivity contribution in [2.45, 2.75) is 51.4 Å². The number of benzene rings is 6. The molecule has 0 saturated carbocycles. The van der Waals surface area contributed by atoms with Gasteiger partial charge in [0.05, 0.1) is 22.1 Å². The predicted molar refractivity (Wildman–Crippen MR) is 234 cm³/mol. The van der Waals surface area contributed by atoms with Crippen LogP contribution in [0.1, 0.15) is 49.7 Å². The fraction of sp³-hybridized carbons (Fsp3) is 0.154. The summed E-state index contributed by atoms with van der Waals surface area (Å²) in [4.78, 5) is 0. The second kappa shape index (κ2) is 16.3. The Balaban J connectivity index is 1.10. The zero-order valence-corrected chi connectivity index (χ0v) is 31.1. The molecular weight excluding hydrogens is 653 g/mol. The molecule has 0 radical (unpaired) electrons. The highest BCUT2D eigenvalue weighted by Gasteiger charge is 2.16. The Kier molecular flexibility index (Phi) is 10.5. The lowest BCUT2D eigenvalue weighted by Crippen LogP contribution is -1.95. The number of aryl methyl sites for hydroxylation is 2. The van der Waals surface area contributed by atoms with E-state index in [4.69, 9.17) is 0 Å². The molecule has 0 amide bonds. The molecule has 0 fully saturated rings. The van der Waals surface area contributed by atoms with E-state index in [1.165, 1.54) is 103 Å². The Labute approximate surface area is 319 Å². The first-order valence-corrected chi connectivity index (χ1v) is 19.5. The van der Waals surface area contributed by atoms with E-state index in [1.807, 2.05) is 24.3 Å². The van der Waals surface area contributed by atoms with E-state index >= 15 is 0 Å². The van der Waals surface area contributed by atoms with Crippen LogP contribution in [0.4, 0.5) is 0 Å². The number of para-hydroxylation sites is 2. The second-order valence-corrected chi connectivity index (χ2v) is 14.3. The van der Waals surface area contributed by atoms with Crippen LogP contribution >= 0.6 is 0 Å². The number of fused-ring (bicyclic) bond motifs is 6. The van der Waals surface area contributed by atoms with Crippen molar-refractivity contribution in [1.82, 2.24) is 9.13 Å². The molecule has 0 aliphatic carbocycles. The topological polar surface area (TPSA) is 9.86 Å². The van der Waals surface area contributed by atoms with Crippen LogP contribution in [0.25, 0.3) is 66.1 Å². The summed E-state index contributed by atoms with van der Waals surface area (Å²) in [5.74, 6) is 0. The number of hydrogen-bond acceptors (Lipinski definition) is 0. The van der Waals surface area contributed by atoms with E-state index in [-0.39, 0.29) is 0 Å². The molecule has 2 aromatic heterocycles. The van der Waals surface area contributed by atoms with Crippen molar-refractivity contribution in [3.05, 3.63) is 194 Å². The normalized spacial score (nSPS) is 11.9. The van der Waals surface area contributed by atoms with Crippen LogP contribution < -0.4 is 0 Å². The predicted octanol–water partition coefficient (Wildman–Crippen LogP) is 14.5. The molecule has 266 valence electrons. The average Bonchev–Trinajstić information content (AvgIpc) is 3.73. The molecule has 8 rings (SSSR count). The SMILES string of the molecule is C=C/C=C/CCCCc1ccc(-n2c3ccccc3c3cc(-c4ccc5c(c4)c4ccccc4n5-c4ccc(CCCC/C=C/C=C)cc4)ccc32)cc1. The number of unbranched alkanes of at least 4 members (excludes halogenated alkanes) is 4. The first kappa shape index (κ1) is 34.9. The van der Waals surface area contributed by atoms with Crippen molar-refractivity contribution in [1.29, 1.82) is 0 Å². The van der Waals surface area contributed by atoms with Crippen LogP contribution in [0.3, 0.4) is 0 Å². The van der Waals surface area contributed by atoms with Crippen LogP contribution in [0.15, 0.2) is 183 Å². The third-order valence-corrected chi connectivity index (χ3v) is 10.8. The minimum atomic E-state index is 1.10. The molecule has 0 unspecified atom stereocenters. The van der Waals surface area contributed by atoms with Crippen molar-refractivity contribution in [2.75, 3.05) is 0 Å². The molecule has 0 saturated heterocycles. The van der Waals surface area contributed by atoms with Gasteiger partial charge in [-0.05, 0) is 134 Å². The van der Waals surface area contributed by atoms with Gasteiger partial charge in [0.25, 0.3) is 0 Å². The lowest BCUT2D eigenvalue weighted by atomic mass is 10.0. The summed E-state index contributed by atoms with van der Waals surface area (Å²) in [6.07, 6.45) is 21.4. The molecule has 2 heterocycles. The first-order chi connectivity index (χ1) is 26.7. The van der Waals surface area contributed by atoms with Gasteiger partial charge in [-0.3, -0.25) is 0 Å². The molecule has 2 heteroatoms. The zero-order chi connectivity index (χ0) is 36.7. The van der Waals surface area contributed by atoms with E-state index < -0.39 is 0 Å². The Morgan fingerprint density at radius 3 is 1.24 bits per heavy atom. The average molecular weight is 701 g/mol. The van der Waals surface area contributed by atoms with Gasteiger partial charge in [0.2, 0.25) is 0 Å². The summed E-state index contributed by atoms with van der Waals surface area (Å²) < 4.78 is 4.84. The van der Waals surface area contributed by atoms with Crippen molar-refractivity contribution < 1.29 is 0 Å². The highest BCUT2D eigenvalue weighted by atomic mass is 15.0. The highest BCUT2D eigenvalue weighted by molar-refractivity contribution is 6.12. The smallest absolute Gasteiger partial charge is 0.0541 e. The van der Waals surface area contributed by atoms with Crippen LogP contribution in [0.2, 0.25) is 0 Å².